The summed E-state index contributed by atoms with van der Waals surface area (Å²) in [4.78, 5) is 1.11. The van der Waals surface area contributed by atoms with E-state index in [0.717, 1.165) is 36.4 Å². The number of halogens is 2. The van der Waals surface area contributed by atoms with Gasteiger partial charge in [0.1, 0.15) is 30.8 Å². The molecule has 2 nitrogen and oxygen atoms in total. The molecule has 2 rings (SSSR count). The maximum Gasteiger partial charge on any atom is 0.132 e. The molecule has 0 bridgehead atoms. The van der Waals surface area contributed by atoms with E-state index in [1.807, 2.05) is 0 Å². The van der Waals surface area contributed by atoms with Gasteiger partial charge in [-0.3, -0.25) is 0 Å². The van der Waals surface area contributed by atoms with Gasteiger partial charge in [-0.05, 0) is 31.0 Å². The van der Waals surface area contributed by atoms with Crippen molar-refractivity contribution in [3.63, 3.8) is 0 Å². The van der Waals surface area contributed by atoms with Crippen molar-refractivity contribution in [2.24, 2.45) is 0 Å². The lowest BCUT2D eigenvalue weighted by Crippen LogP contribution is -3.12. The zero-order valence-corrected chi connectivity index (χ0v) is 9.05. The van der Waals surface area contributed by atoms with Crippen LogP contribution >= 0.6 is 0 Å². The summed E-state index contributed by atoms with van der Waals surface area (Å²) in [5.74, 6) is -0.776. The van der Waals surface area contributed by atoms with Gasteiger partial charge in [0.2, 0.25) is 0 Å². The van der Waals surface area contributed by atoms with Crippen LogP contribution in [0.3, 0.4) is 0 Å². The molecule has 16 heavy (non-hydrogen) atoms. The maximum atomic E-state index is 13.4. The van der Waals surface area contributed by atoms with Gasteiger partial charge >= 0.3 is 0 Å². The fourth-order valence-electron chi connectivity index (χ4n) is 2.23. The van der Waals surface area contributed by atoms with Crippen molar-refractivity contribution < 1.29 is 18.8 Å². The number of rotatable bonds is 2. The average Bonchev–Trinajstić information content (AvgIpc) is 2.24. The van der Waals surface area contributed by atoms with Crippen LogP contribution in [0.2, 0.25) is 0 Å². The summed E-state index contributed by atoms with van der Waals surface area (Å²) in [6.45, 7) is 1.98. The molecule has 1 heterocycles. The summed E-state index contributed by atoms with van der Waals surface area (Å²) in [5.41, 5.74) is 0.393. The van der Waals surface area contributed by atoms with Crippen molar-refractivity contribution in [1.82, 2.24) is 0 Å². The molecule has 1 aliphatic rings. The van der Waals surface area contributed by atoms with Crippen molar-refractivity contribution in [3.8, 4) is 0 Å². The Morgan fingerprint density at radius 1 is 1.38 bits per heavy atom. The van der Waals surface area contributed by atoms with Crippen LogP contribution in [0.1, 0.15) is 18.4 Å². The molecule has 88 valence electrons. The molecule has 1 aromatic rings. The highest BCUT2D eigenvalue weighted by Crippen LogP contribution is 2.08. The average molecular weight is 228 g/mol. The Balaban J connectivity index is 2.05. The van der Waals surface area contributed by atoms with Gasteiger partial charge < -0.3 is 10.0 Å². The van der Waals surface area contributed by atoms with E-state index < -0.39 is 5.82 Å². The van der Waals surface area contributed by atoms with Crippen LogP contribution in [0.5, 0.6) is 0 Å². The third-order valence-corrected chi connectivity index (χ3v) is 3.04. The highest BCUT2D eigenvalue weighted by Gasteiger charge is 2.22. The van der Waals surface area contributed by atoms with E-state index in [9.17, 15) is 13.9 Å². The predicted octanol–water partition coefficient (Wildman–Crippen LogP) is 0.504. The largest absolute Gasteiger partial charge is 0.387 e. The summed E-state index contributed by atoms with van der Waals surface area (Å²) in [7, 11) is 0. The van der Waals surface area contributed by atoms with Gasteiger partial charge in [0.25, 0.3) is 0 Å². The predicted molar refractivity (Wildman–Crippen MR) is 56.0 cm³/mol. The number of piperidine rings is 1. The highest BCUT2D eigenvalue weighted by atomic mass is 19.1. The number of aliphatic hydroxyl groups is 1. The lowest BCUT2D eigenvalue weighted by atomic mass is 10.1. The standard InChI is InChI=1S/C12H15F2NO/c13-10-3-4-12(14)9(6-10)7-15-5-1-2-11(16)8-15/h3-4,6,11,16H,1-2,5,7-8H2/p+1/t11-/m1/s1. The molecular formula is C12H16F2NO+. The minimum Gasteiger partial charge on any atom is -0.387 e. The molecule has 0 amide bonds. The lowest BCUT2D eigenvalue weighted by Gasteiger charge is -2.27. The Kier molecular flexibility index (Phi) is 3.51. The first-order chi connectivity index (χ1) is 7.65. The smallest absolute Gasteiger partial charge is 0.132 e. The van der Waals surface area contributed by atoms with Crippen LogP contribution < -0.4 is 4.90 Å². The van der Waals surface area contributed by atoms with E-state index in [1.54, 1.807) is 0 Å². The van der Waals surface area contributed by atoms with Crippen molar-refractivity contribution >= 4 is 0 Å². The molecule has 2 N–H and O–H groups in total. The Morgan fingerprint density at radius 3 is 2.94 bits per heavy atom. The van der Waals surface area contributed by atoms with Gasteiger partial charge in [-0.2, -0.15) is 0 Å². The summed E-state index contributed by atoms with van der Waals surface area (Å²) in [6.07, 6.45) is 1.45. The second-order valence-corrected chi connectivity index (χ2v) is 4.41. The summed E-state index contributed by atoms with van der Waals surface area (Å²) in [5, 5.41) is 9.49. The zero-order valence-electron chi connectivity index (χ0n) is 9.05. The Morgan fingerprint density at radius 2 is 2.19 bits per heavy atom. The van der Waals surface area contributed by atoms with Crippen molar-refractivity contribution in [2.75, 3.05) is 13.1 Å². The fraction of sp³-hybridized carbons (Fsp3) is 0.500. The molecule has 1 unspecified atom stereocenters. The van der Waals surface area contributed by atoms with Gasteiger partial charge in [-0.1, -0.05) is 0 Å². The summed E-state index contributed by atoms with van der Waals surface area (Å²) in [6, 6.07) is 3.52. The number of likely N-dealkylation sites (tertiary alicyclic amines) is 1. The SMILES string of the molecule is O[C@@H]1CCC[NH+](Cc2cc(F)ccc2F)C1. The first-order valence-electron chi connectivity index (χ1n) is 5.60. The van der Waals surface area contributed by atoms with Gasteiger partial charge in [0.05, 0.1) is 6.54 Å². The molecule has 1 fully saturated rings. The molecule has 4 heteroatoms. The van der Waals surface area contributed by atoms with E-state index in [4.69, 9.17) is 0 Å². The van der Waals surface area contributed by atoms with Crippen LogP contribution in [0.25, 0.3) is 0 Å². The topological polar surface area (TPSA) is 24.7 Å². The molecule has 0 aliphatic carbocycles. The zero-order chi connectivity index (χ0) is 11.5. The van der Waals surface area contributed by atoms with E-state index >= 15 is 0 Å². The molecule has 1 aromatic carbocycles. The molecular weight excluding hydrogens is 212 g/mol. The quantitative estimate of drug-likeness (QED) is 0.757. The number of hydrogen-bond donors (Lipinski definition) is 2. The van der Waals surface area contributed by atoms with E-state index in [1.165, 1.54) is 6.07 Å². The minimum atomic E-state index is -0.409. The van der Waals surface area contributed by atoms with Crippen LogP contribution in [0.4, 0.5) is 8.78 Å². The number of quaternary nitrogens is 1. The van der Waals surface area contributed by atoms with Gasteiger partial charge in [-0.25, -0.2) is 8.78 Å². The minimum absolute atomic E-state index is 0.305. The van der Waals surface area contributed by atoms with Gasteiger partial charge in [0.15, 0.2) is 0 Å². The highest BCUT2D eigenvalue weighted by molar-refractivity contribution is 5.17. The summed E-state index contributed by atoms with van der Waals surface area (Å²) >= 11 is 0. The number of benzene rings is 1. The monoisotopic (exact) mass is 228 g/mol. The maximum absolute atomic E-state index is 13.4. The van der Waals surface area contributed by atoms with Crippen molar-refractivity contribution in [1.29, 1.82) is 0 Å². The van der Waals surface area contributed by atoms with E-state index in [-0.39, 0.29) is 11.9 Å². The lowest BCUT2D eigenvalue weighted by molar-refractivity contribution is -0.922. The molecule has 2 atom stereocenters. The number of nitrogens with one attached hydrogen (secondary N) is 1. The van der Waals surface area contributed by atoms with E-state index in [2.05, 4.69) is 0 Å². The third kappa shape index (κ3) is 2.77. The summed E-state index contributed by atoms with van der Waals surface area (Å²) < 4.78 is 26.3. The first-order valence-corrected chi connectivity index (χ1v) is 5.60. The number of aliphatic hydroxyl groups excluding tert-OH is 1. The molecule has 0 saturated carbocycles. The van der Waals surface area contributed by atoms with Crippen LogP contribution in [0.15, 0.2) is 18.2 Å². The van der Waals surface area contributed by atoms with Gasteiger partial charge in [-0.15, -0.1) is 0 Å². The molecule has 0 aromatic heterocycles. The second-order valence-electron chi connectivity index (χ2n) is 4.41. The molecule has 1 aliphatic heterocycles. The molecule has 0 radical (unpaired) electrons. The van der Waals surface area contributed by atoms with Crippen molar-refractivity contribution in [2.45, 2.75) is 25.5 Å². The molecule has 1 saturated heterocycles. The Hall–Kier alpha value is -1.00. The second kappa shape index (κ2) is 4.89. The Labute approximate surface area is 93.5 Å². The van der Waals surface area contributed by atoms with E-state index in [0.29, 0.717) is 18.7 Å². The number of hydrogen-bond acceptors (Lipinski definition) is 1. The van der Waals surface area contributed by atoms with Crippen LogP contribution in [0, 0.1) is 11.6 Å². The third-order valence-electron chi connectivity index (χ3n) is 3.04. The normalized spacial score (nSPS) is 25.7. The Bertz CT molecular complexity index is 370. The fourth-order valence-corrected chi connectivity index (χ4v) is 2.23. The van der Waals surface area contributed by atoms with Gasteiger partial charge in [0, 0.05) is 5.56 Å². The van der Waals surface area contributed by atoms with Crippen molar-refractivity contribution in [3.05, 3.63) is 35.4 Å². The van der Waals surface area contributed by atoms with Crippen LogP contribution in [-0.2, 0) is 6.54 Å². The first kappa shape index (κ1) is 11.5. The molecule has 0 spiro atoms. The van der Waals surface area contributed by atoms with Crippen LogP contribution in [-0.4, -0.2) is 24.3 Å².